The summed E-state index contributed by atoms with van der Waals surface area (Å²) in [6.45, 7) is -0.548. The predicted octanol–water partition coefficient (Wildman–Crippen LogP) is 3.99. The summed E-state index contributed by atoms with van der Waals surface area (Å²) < 4.78 is 46.2. The average Bonchev–Trinajstić information content (AvgIpc) is 2.88. The first-order chi connectivity index (χ1) is 10.8. The van der Waals surface area contributed by atoms with Gasteiger partial charge in [0.05, 0.1) is 19.4 Å². The first-order valence-corrected chi connectivity index (χ1v) is 7.15. The zero-order valence-corrected chi connectivity index (χ0v) is 12.5. The van der Waals surface area contributed by atoms with Gasteiger partial charge in [-0.2, -0.15) is 13.2 Å². The van der Waals surface area contributed by atoms with Gasteiger partial charge in [-0.25, -0.2) is 0 Å². The molecule has 0 fully saturated rings. The molecule has 23 heavy (non-hydrogen) atoms. The van der Waals surface area contributed by atoms with E-state index in [1.165, 1.54) is 24.5 Å². The van der Waals surface area contributed by atoms with Gasteiger partial charge in [-0.05, 0) is 30.3 Å². The van der Waals surface area contributed by atoms with Gasteiger partial charge in [0, 0.05) is 16.3 Å². The van der Waals surface area contributed by atoms with E-state index >= 15 is 0 Å². The van der Waals surface area contributed by atoms with Crippen LogP contribution in [0.25, 0.3) is 0 Å². The first kappa shape index (κ1) is 15.9. The molecule has 2 heterocycles. The number of rotatable bonds is 2. The van der Waals surface area contributed by atoms with Gasteiger partial charge >= 0.3 is 6.18 Å². The average molecular weight is 345 g/mol. The Balaban J connectivity index is 2.08. The molecule has 8 heteroatoms. The van der Waals surface area contributed by atoms with Crippen LogP contribution in [0.2, 0.25) is 5.02 Å². The van der Waals surface area contributed by atoms with Crippen LogP contribution in [0.3, 0.4) is 0 Å². The van der Waals surface area contributed by atoms with Crippen molar-refractivity contribution in [1.82, 2.24) is 4.90 Å². The Kier molecular flexibility index (Phi) is 4.08. The lowest BCUT2D eigenvalue weighted by Gasteiger charge is -2.30. The van der Waals surface area contributed by atoms with Crippen LogP contribution in [0, 0.1) is 0 Å². The molecule has 0 aliphatic carbocycles. The summed E-state index contributed by atoms with van der Waals surface area (Å²) >= 11 is 5.86. The highest BCUT2D eigenvalue weighted by Gasteiger charge is 2.47. The van der Waals surface area contributed by atoms with Gasteiger partial charge in [-0.15, -0.1) is 0 Å². The number of carbonyl (C=O) groups is 1. The third kappa shape index (κ3) is 3.35. The molecule has 1 aromatic carbocycles. The van der Waals surface area contributed by atoms with E-state index in [0.717, 1.165) is 4.90 Å². The standard InChI is InChI=1S/C15H12ClF3N2O2/c16-9-3-4-12-11(6-9)14(15(17,18)19)21(8-13(22)20-12)7-10-2-1-5-23-10/h1-6,14H,7-8H2,(H,20,22). The molecule has 122 valence electrons. The van der Waals surface area contributed by atoms with Crippen LogP contribution in [0.1, 0.15) is 17.4 Å². The van der Waals surface area contributed by atoms with Crippen molar-refractivity contribution in [3.8, 4) is 0 Å². The first-order valence-electron chi connectivity index (χ1n) is 6.77. The molecular weight excluding hydrogens is 333 g/mol. The van der Waals surface area contributed by atoms with Crippen LogP contribution >= 0.6 is 11.6 Å². The van der Waals surface area contributed by atoms with Gasteiger partial charge in [-0.3, -0.25) is 9.69 Å². The van der Waals surface area contributed by atoms with Crippen LogP contribution in [0.15, 0.2) is 41.0 Å². The number of nitrogens with zero attached hydrogens (tertiary/aromatic N) is 1. The Bertz CT molecular complexity index is 716. The summed E-state index contributed by atoms with van der Waals surface area (Å²) in [5, 5.41) is 2.66. The third-order valence-electron chi connectivity index (χ3n) is 3.54. The molecule has 1 aromatic heterocycles. The maximum atomic E-state index is 13.7. The second-order valence-corrected chi connectivity index (χ2v) is 5.64. The molecule has 2 aromatic rings. The smallest absolute Gasteiger partial charge is 0.408 e. The van der Waals surface area contributed by atoms with E-state index in [4.69, 9.17) is 16.0 Å². The van der Waals surface area contributed by atoms with Crippen molar-refractivity contribution in [3.05, 3.63) is 52.9 Å². The SMILES string of the molecule is O=C1CN(Cc2ccco2)C(C(F)(F)F)c2cc(Cl)ccc2N1. The number of halogens is 4. The van der Waals surface area contributed by atoms with Crippen molar-refractivity contribution in [2.45, 2.75) is 18.8 Å². The van der Waals surface area contributed by atoms with Crippen molar-refractivity contribution in [2.24, 2.45) is 0 Å². The van der Waals surface area contributed by atoms with E-state index in [0.29, 0.717) is 5.76 Å². The summed E-state index contributed by atoms with van der Waals surface area (Å²) in [6, 6.07) is 5.24. The van der Waals surface area contributed by atoms with Gasteiger partial charge in [0.25, 0.3) is 0 Å². The number of alkyl halides is 3. The number of hydrogen-bond donors (Lipinski definition) is 1. The second-order valence-electron chi connectivity index (χ2n) is 5.21. The van der Waals surface area contributed by atoms with Gasteiger partial charge in [0.15, 0.2) is 0 Å². The number of fused-ring (bicyclic) bond motifs is 1. The molecular formula is C15H12ClF3N2O2. The van der Waals surface area contributed by atoms with Crippen molar-refractivity contribution < 1.29 is 22.4 Å². The second kappa shape index (κ2) is 5.90. The summed E-state index contributed by atoms with van der Waals surface area (Å²) in [6.07, 6.45) is -3.20. The summed E-state index contributed by atoms with van der Waals surface area (Å²) in [7, 11) is 0. The lowest BCUT2D eigenvalue weighted by molar-refractivity contribution is -0.188. The van der Waals surface area contributed by atoms with Gasteiger partial charge in [0.2, 0.25) is 5.91 Å². The van der Waals surface area contributed by atoms with Crippen molar-refractivity contribution in [1.29, 1.82) is 0 Å². The predicted molar refractivity (Wildman–Crippen MR) is 78.0 cm³/mol. The van der Waals surface area contributed by atoms with Crippen LogP contribution in [0.5, 0.6) is 0 Å². The zero-order chi connectivity index (χ0) is 16.6. The van der Waals surface area contributed by atoms with E-state index in [1.807, 2.05) is 0 Å². The monoisotopic (exact) mass is 344 g/mol. The van der Waals surface area contributed by atoms with E-state index in [2.05, 4.69) is 5.32 Å². The molecule has 1 atom stereocenters. The van der Waals surface area contributed by atoms with Crippen molar-refractivity contribution in [2.75, 3.05) is 11.9 Å². The maximum Gasteiger partial charge on any atom is 0.408 e. The van der Waals surface area contributed by atoms with E-state index in [1.54, 1.807) is 12.1 Å². The minimum atomic E-state index is -4.57. The fourth-order valence-electron chi connectivity index (χ4n) is 2.67. The number of nitrogens with one attached hydrogen (secondary N) is 1. The molecule has 0 saturated heterocycles. The lowest BCUT2D eigenvalue weighted by atomic mass is 10.0. The summed E-state index contributed by atoms with van der Waals surface area (Å²) in [5.74, 6) is -0.176. The number of carbonyl (C=O) groups excluding carboxylic acids is 1. The molecule has 0 radical (unpaired) electrons. The largest absolute Gasteiger partial charge is 0.468 e. The minimum Gasteiger partial charge on any atom is -0.468 e. The number of anilines is 1. The van der Waals surface area contributed by atoms with Gasteiger partial charge in [-0.1, -0.05) is 11.6 Å². The molecule has 1 amide bonds. The summed E-state index contributed by atoms with van der Waals surface area (Å²) in [5.41, 5.74) is 0.0334. The Labute approximate surface area is 134 Å². The quantitative estimate of drug-likeness (QED) is 0.896. The Hall–Kier alpha value is -1.99. The zero-order valence-electron chi connectivity index (χ0n) is 11.7. The molecule has 3 rings (SSSR count). The molecule has 0 spiro atoms. The van der Waals surface area contributed by atoms with Gasteiger partial charge < -0.3 is 9.73 Å². The van der Waals surface area contributed by atoms with Crippen LogP contribution < -0.4 is 5.32 Å². The highest BCUT2D eigenvalue weighted by atomic mass is 35.5. The normalized spacial score (nSPS) is 19.1. The molecule has 0 saturated carbocycles. The molecule has 1 aliphatic heterocycles. The summed E-state index contributed by atoms with van der Waals surface area (Å²) in [4.78, 5) is 13.0. The molecule has 4 nitrogen and oxygen atoms in total. The number of benzene rings is 1. The molecule has 1 unspecified atom stereocenters. The minimum absolute atomic E-state index is 0.0811. The molecule has 1 aliphatic rings. The van der Waals surface area contributed by atoms with E-state index in [9.17, 15) is 18.0 Å². The molecule has 0 bridgehead atoms. The van der Waals surface area contributed by atoms with Crippen LogP contribution in [-0.4, -0.2) is 23.5 Å². The fourth-order valence-corrected chi connectivity index (χ4v) is 2.85. The van der Waals surface area contributed by atoms with Crippen LogP contribution in [-0.2, 0) is 11.3 Å². The molecule has 1 N–H and O–H groups in total. The Morgan fingerprint density at radius 2 is 2.13 bits per heavy atom. The lowest BCUT2D eigenvalue weighted by Crippen LogP contribution is -2.40. The van der Waals surface area contributed by atoms with Crippen molar-refractivity contribution in [3.63, 3.8) is 0 Å². The highest BCUT2D eigenvalue weighted by Crippen LogP contribution is 2.43. The van der Waals surface area contributed by atoms with Gasteiger partial charge in [0.1, 0.15) is 11.8 Å². The number of amides is 1. The Morgan fingerprint density at radius 1 is 1.35 bits per heavy atom. The highest BCUT2D eigenvalue weighted by molar-refractivity contribution is 6.30. The van der Waals surface area contributed by atoms with Crippen molar-refractivity contribution >= 4 is 23.2 Å². The van der Waals surface area contributed by atoms with E-state index < -0.39 is 24.7 Å². The fraction of sp³-hybridized carbons (Fsp3) is 0.267. The Morgan fingerprint density at radius 3 is 2.78 bits per heavy atom. The number of furan rings is 1. The third-order valence-corrected chi connectivity index (χ3v) is 3.78. The maximum absolute atomic E-state index is 13.7. The topological polar surface area (TPSA) is 45.5 Å². The van der Waals surface area contributed by atoms with Crippen LogP contribution in [0.4, 0.5) is 18.9 Å². The van der Waals surface area contributed by atoms with E-state index in [-0.39, 0.29) is 22.8 Å². The number of hydrogen-bond acceptors (Lipinski definition) is 3.